The second-order valence-electron chi connectivity index (χ2n) is 11.7. The van der Waals surface area contributed by atoms with Gasteiger partial charge in [-0.1, -0.05) is 50.3 Å². The molecule has 6 heteroatoms. The Balaban J connectivity index is 1.44. The Kier molecular flexibility index (Phi) is 8.61. The number of aliphatic imine (C=N–C) groups is 1. The number of hydrogen-bond donors (Lipinski definition) is 2. The Bertz CT molecular complexity index is 1180. The van der Waals surface area contributed by atoms with Gasteiger partial charge >= 0.3 is 0 Å². The van der Waals surface area contributed by atoms with Gasteiger partial charge in [0.15, 0.2) is 9.84 Å². The van der Waals surface area contributed by atoms with Crippen LogP contribution in [0.1, 0.15) is 70.8 Å². The molecule has 4 rings (SSSR count). The molecule has 0 bridgehead atoms. The zero-order valence-corrected chi connectivity index (χ0v) is 23.4. The number of nitrogens with zero attached hydrogens (tertiary/aromatic N) is 1. The van der Waals surface area contributed by atoms with Gasteiger partial charge in [0, 0.05) is 19.7 Å². The van der Waals surface area contributed by atoms with E-state index in [-0.39, 0.29) is 11.2 Å². The van der Waals surface area contributed by atoms with Gasteiger partial charge in [-0.25, -0.2) is 8.42 Å². The molecular weight excluding hydrogens is 482 g/mol. The van der Waals surface area contributed by atoms with Crippen molar-refractivity contribution in [3.63, 3.8) is 0 Å². The van der Waals surface area contributed by atoms with Crippen LogP contribution in [0.5, 0.6) is 0 Å². The molecule has 0 heterocycles. The van der Waals surface area contributed by atoms with Gasteiger partial charge in [0.1, 0.15) is 0 Å². The number of sulfone groups is 1. The molecule has 5 nitrogen and oxygen atoms in total. The topological polar surface area (TPSA) is 87.0 Å². The van der Waals surface area contributed by atoms with Crippen LogP contribution in [-0.4, -0.2) is 49.9 Å². The third-order valence-electron chi connectivity index (χ3n) is 9.35. The molecule has 0 amide bonds. The fourth-order valence-electron chi connectivity index (χ4n) is 7.25. The molecule has 0 saturated heterocycles. The van der Waals surface area contributed by atoms with Crippen molar-refractivity contribution in [2.24, 2.45) is 28.2 Å². The highest BCUT2D eigenvalue weighted by Gasteiger charge is 2.50. The fourth-order valence-corrected chi connectivity index (χ4v) is 8.72. The normalized spacial score (nSPS) is 33.8. The van der Waals surface area contributed by atoms with E-state index in [1.54, 1.807) is 37.5 Å². The Morgan fingerprint density at radius 1 is 1.19 bits per heavy atom. The van der Waals surface area contributed by atoms with Crippen molar-refractivity contribution in [3.05, 3.63) is 65.3 Å². The second kappa shape index (κ2) is 11.4. The zero-order valence-electron chi connectivity index (χ0n) is 22.6. The maximum atomic E-state index is 13.1. The smallest absolute Gasteiger partial charge is 0.178 e. The van der Waals surface area contributed by atoms with Crippen molar-refractivity contribution in [1.29, 1.82) is 0 Å². The second-order valence-corrected chi connectivity index (χ2v) is 13.8. The average Bonchev–Trinajstić information content (AvgIpc) is 3.22. The van der Waals surface area contributed by atoms with Crippen LogP contribution in [0.2, 0.25) is 0 Å². The zero-order chi connectivity index (χ0) is 26.8. The van der Waals surface area contributed by atoms with E-state index >= 15 is 0 Å². The minimum atomic E-state index is -3.32. The van der Waals surface area contributed by atoms with Crippen molar-refractivity contribution in [1.82, 2.24) is 0 Å². The predicted molar refractivity (Wildman–Crippen MR) is 151 cm³/mol. The van der Waals surface area contributed by atoms with Gasteiger partial charge in [-0.05, 0) is 97.0 Å². The van der Waals surface area contributed by atoms with Gasteiger partial charge in [-0.2, -0.15) is 0 Å². The molecule has 37 heavy (non-hydrogen) atoms. The SMILES string of the molecule is C=C1/C(=C\C=C2/CCC[C@]3(C)[C@@H]([C@H](C)CCS(=O)(=O)c4ccc(C=NC)cc4)CC[C@@H]23)C[C@H](O)C[C@H]1O. The average molecular weight is 526 g/mol. The first-order valence-electron chi connectivity index (χ1n) is 13.7. The number of benzene rings is 1. The van der Waals surface area contributed by atoms with Gasteiger partial charge < -0.3 is 10.2 Å². The molecule has 1 aromatic rings. The van der Waals surface area contributed by atoms with Crippen molar-refractivity contribution < 1.29 is 18.6 Å². The standard InChI is InChI=1S/C31H43NO4S/c1-21(15-17-37(35,36)27-11-7-23(8-12-27)20-32-4)28-13-14-29-24(6-5-16-31(28,29)3)9-10-25-18-26(33)19-30(34)22(25)2/h7-12,20-21,26,28-30,33-34H,2,5-6,13-19H2,1,3-4H3/b24-9+,25-10-,32-20?/t21-,26+,28-,29+,30-,31-/m1/s1. The molecule has 0 spiro atoms. The molecule has 0 aromatic heterocycles. The molecule has 3 aliphatic rings. The lowest BCUT2D eigenvalue weighted by molar-refractivity contribution is 0.0861. The lowest BCUT2D eigenvalue weighted by Crippen LogP contribution is -2.36. The summed E-state index contributed by atoms with van der Waals surface area (Å²) in [4.78, 5) is 4.37. The first-order valence-corrected chi connectivity index (χ1v) is 15.4. The molecule has 3 fully saturated rings. The summed E-state index contributed by atoms with van der Waals surface area (Å²) in [5, 5.41) is 20.3. The van der Waals surface area contributed by atoms with Crippen molar-refractivity contribution >= 4 is 16.1 Å². The molecular formula is C31H43NO4S. The summed E-state index contributed by atoms with van der Waals surface area (Å²) in [6.07, 6.45) is 12.1. The van der Waals surface area contributed by atoms with Crippen LogP contribution < -0.4 is 0 Å². The van der Waals surface area contributed by atoms with Gasteiger partial charge in [0.2, 0.25) is 0 Å². The van der Waals surface area contributed by atoms with E-state index in [2.05, 4.69) is 37.6 Å². The van der Waals surface area contributed by atoms with Crippen LogP contribution in [0.4, 0.5) is 0 Å². The largest absolute Gasteiger partial charge is 0.393 e. The van der Waals surface area contributed by atoms with Crippen LogP contribution in [0.25, 0.3) is 0 Å². The minimum absolute atomic E-state index is 0.175. The predicted octanol–water partition coefficient (Wildman–Crippen LogP) is 5.68. The van der Waals surface area contributed by atoms with Crippen LogP contribution in [0, 0.1) is 23.2 Å². The Morgan fingerprint density at radius 2 is 1.92 bits per heavy atom. The molecule has 3 aliphatic carbocycles. The highest BCUT2D eigenvalue weighted by Crippen LogP contribution is 2.59. The summed E-state index contributed by atoms with van der Waals surface area (Å²) < 4.78 is 26.1. The minimum Gasteiger partial charge on any atom is -0.393 e. The highest BCUT2D eigenvalue weighted by atomic mass is 32.2. The quantitative estimate of drug-likeness (QED) is 0.449. The maximum absolute atomic E-state index is 13.1. The number of aliphatic hydroxyl groups is 2. The number of rotatable bonds is 7. The van der Waals surface area contributed by atoms with E-state index in [1.807, 2.05) is 0 Å². The molecule has 0 aliphatic heterocycles. The first-order chi connectivity index (χ1) is 17.5. The van der Waals surface area contributed by atoms with Crippen LogP contribution in [-0.2, 0) is 9.84 Å². The molecule has 202 valence electrons. The molecule has 3 saturated carbocycles. The fraction of sp³-hybridized carbons (Fsp3) is 0.581. The third kappa shape index (κ3) is 6.02. The monoisotopic (exact) mass is 525 g/mol. The summed E-state index contributed by atoms with van der Waals surface area (Å²) >= 11 is 0. The lowest BCUT2D eigenvalue weighted by atomic mass is 9.61. The Labute approximate surface area is 223 Å². The third-order valence-corrected chi connectivity index (χ3v) is 11.1. The summed E-state index contributed by atoms with van der Waals surface area (Å²) in [7, 11) is -1.62. The van der Waals surface area contributed by atoms with E-state index in [0.717, 1.165) is 42.4 Å². The van der Waals surface area contributed by atoms with Crippen molar-refractivity contribution in [2.75, 3.05) is 12.8 Å². The van der Waals surface area contributed by atoms with Gasteiger partial charge in [0.25, 0.3) is 0 Å². The van der Waals surface area contributed by atoms with E-state index < -0.39 is 22.0 Å². The van der Waals surface area contributed by atoms with E-state index in [4.69, 9.17) is 0 Å². The molecule has 1 aromatic carbocycles. The summed E-state index contributed by atoms with van der Waals surface area (Å²) in [6.45, 7) is 8.71. The summed E-state index contributed by atoms with van der Waals surface area (Å²) in [5.41, 5.74) is 4.22. The van der Waals surface area contributed by atoms with Crippen molar-refractivity contribution in [3.8, 4) is 0 Å². The maximum Gasteiger partial charge on any atom is 0.178 e. The number of allylic oxidation sites excluding steroid dienone is 3. The molecule has 2 N–H and O–H groups in total. The highest BCUT2D eigenvalue weighted by molar-refractivity contribution is 7.91. The number of aliphatic hydroxyl groups excluding tert-OH is 2. The number of hydrogen-bond acceptors (Lipinski definition) is 5. The van der Waals surface area contributed by atoms with Gasteiger partial charge in [-0.15, -0.1) is 0 Å². The van der Waals surface area contributed by atoms with E-state index in [9.17, 15) is 18.6 Å². The molecule has 0 radical (unpaired) electrons. The summed E-state index contributed by atoms with van der Waals surface area (Å²) in [6, 6.07) is 6.99. The van der Waals surface area contributed by atoms with Crippen LogP contribution >= 0.6 is 0 Å². The van der Waals surface area contributed by atoms with Gasteiger partial charge in [-0.3, -0.25) is 4.99 Å². The summed E-state index contributed by atoms with van der Waals surface area (Å²) in [5.74, 6) is 1.51. The molecule has 6 atom stereocenters. The first kappa shape index (κ1) is 28.0. The Morgan fingerprint density at radius 3 is 2.62 bits per heavy atom. The van der Waals surface area contributed by atoms with Crippen LogP contribution in [0.15, 0.2) is 69.6 Å². The van der Waals surface area contributed by atoms with Crippen LogP contribution in [0.3, 0.4) is 0 Å². The lowest BCUT2D eigenvalue weighted by Gasteiger charge is -2.44. The van der Waals surface area contributed by atoms with E-state index in [0.29, 0.717) is 41.9 Å². The van der Waals surface area contributed by atoms with E-state index in [1.165, 1.54) is 12.0 Å². The van der Waals surface area contributed by atoms with Gasteiger partial charge in [0.05, 0.1) is 22.9 Å². The van der Waals surface area contributed by atoms with Crippen molar-refractivity contribution in [2.45, 2.75) is 82.3 Å². The Hall–Kier alpha value is -2.02. The number of fused-ring (bicyclic) bond motifs is 1. The molecule has 0 unspecified atom stereocenters.